The Balaban J connectivity index is 1.73. The monoisotopic (exact) mass is 346 g/mol. The van der Waals surface area contributed by atoms with Crippen LogP contribution in [0, 0.1) is 5.82 Å². The molecule has 0 aromatic heterocycles. The molecule has 4 nitrogen and oxygen atoms in total. The topological polar surface area (TPSA) is 39.7 Å². The Bertz CT molecular complexity index is 559. The molecule has 0 radical (unpaired) electrons. The molecule has 0 saturated carbocycles. The smallest absolute Gasteiger partial charge is 0.356 e. The molecule has 2 rings (SSSR count). The molecule has 0 aliphatic carbocycles. The highest BCUT2D eigenvalue weighted by Crippen LogP contribution is 2.19. The summed E-state index contributed by atoms with van der Waals surface area (Å²) in [7, 11) is 1.61. The summed E-state index contributed by atoms with van der Waals surface area (Å²) in [6.07, 6.45) is -2.90. The quantitative estimate of drug-likeness (QED) is 0.488. The fraction of sp³-hybridized carbons (Fsp3) is 0.562. The van der Waals surface area contributed by atoms with E-state index in [1.54, 1.807) is 13.1 Å². The third kappa shape index (κ3) is 6.35. The van der Waals surface area contributed by atoms with E-state index in [1.807, 2.05) is 6.07 Å². The second kappa shape index (κ2) is 8.32. The molecule has 1 saturated heterocycles. The van der Waals surface area contributed by atoms with Gasteiger partial charge in [-0.2, -0.15) is 13.2 Å². The van der Waals surface area contributed by atoms with E-state index in [0.717, 1.165) is 5.56 Å². The van der Waals surface area contributed by atoms with Crippen LogP contribution in [-0.4, -0.2) is 56.3 Å². The highest BCUT2D eigenvalue weighted by molar-refractivity contribution is 5.80. The van der Waals surface area contributed by atoms with Crippen LogP contribution in [0.25, 0.3) is 0 Å². The molecule has 0 amide bonds. The molecular formula is C16H22F4N4. The van der Waals surface area contributed by atoms with Gasteiger partial charge in [0.25, 0.3) is 0 Å². The van der Waals surface area contributed by atoms with Crippen LogP contribution < -0.4 is 10.6 Å². The number of nitrogens with one attached hydrogen (secondary N) is 2. The molecule has 1 aromatic carbocycles. The van der Waals surface area contributed by atoms with Gasteiger partial charge in [-0.3, -0.25) is 9.89 Å². The van der Waals surface area contributed by atoms with E-state index in [1.165, 1.54) is 17.0 Å². The van der Waals surface area contributed by atoms with E-state index >= 15 is 0 Å². The Labute approximate surface area is 138 Å². The van der Waals surface area contributed by atoms with Gasteiger partial charge in [0.2, 0.25) is 0 Å². The van der Waals surface area contributed by atoms with Crippen molar-refractivity contribution in [2.24, 2.45) is 4.99 Å². The molecule has 0 spiro atoms. The van der Waals surface area contributed by atoms with Gasteiger partial charge < -0.3 is 10.6 Å². The lowest BCUT2D eigenvalue weighted by molar-refractivity contribution is -0.143. The van der Waals surface area contributed by atoms with E-state index in [0.29, 0.717) is 38.4 Å². The standard InChI is InChI=1S/C16H22F4N4/c1-21-15(22-7-5-12-3-2-4-13(17)9-12)23-14-6-8-24(10-14)11-16(18,19)20/h2-4,9,14H,5-8,10-11H2,1H3,(H2,21,22,23). The highest BCUT2D eigenvalue weighted by atomic mass is 19.4. The SMILES string of the molecule is CN=C(NCCc1cccc(F)c1)NC1CCN(CC(F)(F)F)C1. The predicted octanol–water partition coefficient (Wildman–Crippen LogP) is 2.17. The predicted molar refractivity (Wildman–Crippen MR) is 85.5 cm³/mol. The highest BCUT2D eigenvalue weighted by Gasteiger charge is 2.34. The first kappa shape index (κ1) is 18.5. The average molecular weight is 346 g/mol. The van der Waals surface area contributed by atoms with Crippen molar-refractivity contribution in [2.45, 2.75) is 25.1 Å². The van der Waals surface area contributed by atoms with E-state index in [2.05, 4.69) is 15.6 Å². The molecule has 1 unspecified atom stereocenters. The van der Waals surface area contributed by atoms with Crippen LogP contribution in [-0.2, 0) is 6.42 Å². The second-order valence-corrected chi connectivity index (χ2v) is 5.86. The third-order valence-electron chi connectivity index (χ3n) is 3.83. The molecule has 1 aliphatic rings. The van der Waals surface area contributed by atoms with Crippen molar-refractivity contribution in [1.82, 2.24) is 15.5 Å². The summed E-state index contributed by atoms with van der Waals surface area (Å²) in [5.74, 6) is 0.274. The number of rotatable bonds is 5. The largest absolute Gasteiger partial charge is 0.401 e. The fourth-order valence-corrected chi connectivity index (χ4v) is 2.75. The van der Waals surface area contributed by atoms with Crippen molar-refractivity contribution in [2.75, 3.05) is 33.2 Å². The lowest BCUT2D eigenvalue weighted by atomic mass is 10.1. The molecule has 8 heteroatoms. The van der Waals surface area contributed by atoms with Crippen molar-refractivity contribution in [1.29, 1.82) is 0 Å². The van der Waals surface area contributed by atoms with E-state index < -0.39 is 12.7 Å². The Hall–Kier alpha value is -1.83. The Morgan fingerprint density at radius 1 is 1.38 bits per heavy atom. The van der Waals surface area contributed by atoms with Crippen LogP contribution >= 0.6 is 0 Å². The van der Waals surface area contributed by atoms with Crippen molar-refractivity contribution in [3.8, 4) is 0 Å². The summed E-state index contributed by atoms with van der Waals surface area (Å²) in [5, 5.41) is 6.24. The Morgan fingerprint density at radius 2 is 2.17 bits per heavy atom. The van der Waals surface area contributed by atoms with Crippen molar-refractivity contribution < 1.29 is 17.6 Å². The van der Waals surface area contributed by atoms with Crippen LogP contribution in [0.1, 0.15) is 12.0 Å². The maximum absolute atomic E-state index is 13.1. The summed E-state index contributed by atoms with van der Waals surface area (Å²) >= 11 is 0. The van der Waals surface area contributed by atoms with Gasteiger partial charge in [-0.15, -0.1) is 0 Å². The summed E-state index contributed by atoms with van der Waals surface area (Å²) in [6.45, 7) is 0.431. The van der Waals surface area contributed by atoms with Gasteiger partial charge >= 0.3 is 6.18 Å². The molecule has 134 valence electrons. The van der Waals surface area contributed by atoms with Gasteiger partial charge in [0, 0.05) is 32.7 Å². The average Bonchev–Trinajstić information content (AvgIpc) is 2.91. The first-order chi connectivity index (χ1) is 11.4. The van der Waals surface area contributed by atoms with Crippen LogP contribution in [0.15, 0.2) is 29.3 Å². The number of aliphatic imine (C=N–C) groups is 1. The first-order valence-electron chi connectivity index (χ1n) is 7.86. The number of hydrogen-bond donors (Lipinski definition) is 2. The molecule has 1 aromatic rings. The molecule has 2 N–H and O–H groups in total. The molecular weight excluding hydrogens is 324 g/mol. The van der Waals surface area contributed by atoms with Crippen molar-refractivity contribution in [3.05, 3.63) is 35.6 Å². The van der Waals surface area contributed by atoms with E-state index in [-0.39, 0.29) is 11.9 Å². The van der Waals surface area contributed by atoms with Crippen LogP contribution in [0.2, 0.25) is 0 Å². The van der Waals surface area contributed by atoms with Crippen molar-refractivity contribution in [3.63, 3.8) is 0 Å². The minimum Gasteiger partial charge on any atom is -0.356 e. The molecule has 24 heavy (non-hydrogen) atoms. The van der Waals surface area contributed by atoms with Gasteiger partial charge in [-0.1, -0.05) is 12.1 Å². The first-order valence-corrected chi connectivity index (χ1v) is 7.86. The van der Waals surface area contributed by atoms with Crippen LogP contribution in [0.4, 0.5) is 17.6 Å². The fourth-order valence-electron chi connectivity index (χ4n) is 2.75. The zero-order valence-electron chi connectivity index (χ0n) is 13.5. The lowest BCUT2D eigenvalue weighted by Crippen LogP contribution is -2.45. The number of hydrogen-bond acceptors (Lipinski definition) is 2. The molecule has 0 bridgehead atoms. The number of guanidine groups is 1. The van der Waals surface area contributed by atoms with Gasteiger partial charge in [-0.05, 0) is 30.5 Å². The summed E-state index contributed by atoms with van der Waals surface area (Å²) in [5.41, 5.74) is 0.871. The Morgan fingerprint density at radius 3 is 2.83 bits per heavy atom. The van der Waals surface area contributed by atoms with Crippen LogP contribution in [0.5, 0.6) is 0 Å². The third-order valence-corrected chi connectivity index (χ3v) is 3.83. The maximum atomic E-state index is 13.1. The summed E-state index contributed by atoms with van der Waals surface area (Å²) in [4.78, 5) is 5.47. The number of likely N-dealkylation sites (tertiary alicyclic amines) is 1. The van der Waals surface area contributed by atoms with Gasteiger partial charge in [0.1, 0.15) is 5.82 Å². The van der Waals surface area contributed by atoms with E-state index in [9.17, 15) is 17.6 Å². The van der Waals surface area contributed by atoms with Crippen molar-refractivity contribution >= 4 is 5.96 Å². The molecule has 1 fully saturated rings. The minimum atomic E-state index is -4.17. The number of benzene rings is 1. The number of nitrogens with zero attached hydrogens (tertiary/aromatic N) is 2. The van der Waals surface area contributed by atoms with E-state index in [4.69, 9.17) is 0 Å². The van der Waals surface area contributed by atoms with Crippen LogP contribution in [0.3, 0.4) is 0 Å². The normalized spacial score (nSPS) is 19.5. The van der Waals surface area contributed by atoms with Gasteiger partial charge in [0.05, 0.1) is 6.54 Å². The molecule has 1 heterocycles. The molecule has 1 aliphatic heterocycles. The number of halogens is 4. The van der Waals surface area contributed by atoms with Gasteiger partial charge in [0.15, 0.2) is 5.96 Å². The summed E-state index contributed by atoms with van der Waals surface area (Å²) < 4.78 is 50.3. The number of alkyl halides is 3. The maximum Gasteiger partial charge on any atom is 0.401 e. The second-order valence-electron chi connectivity index (χ2n) is 5.86. The zero-order chi connectivity index (χ0) is 17.6. The Kier molecular flexibility index (Phi) is 6.42. The van der Waals surface area contributed by atoms with Gasteiger partial charge in [-0.25, -0.2) is 4.39 Å². The lowest BCUT2D eigenvalue weighted by Gasteiger charge is -2.19. The zero-order valence-corrected chi connectivity index (χ0v) is 13.5. The molecule has 1 atom stereocenters. The summed E-state index contributed by atoms with van der Waals surface area (Å²) in [6, 6.07) is 6.31. The minimum absolute atomic E-state index is 0.0623.